The van der Waals surface area contributed by atoms with Crippen molar-refractivity contribution in [1.29, 1.82) is 0 Å². The second kappa shape index (κ2) is 6.12. The monoisotopic (exact) mass is 315 g/mol. The maximum atomic E-state index is 5.92. The molecule has 1 heterocycles. The Labute approximate surface area is 115 Å². The maximum Gasteiger partial charge on any atom is 0.123 e. The Kier molecular flexibility index (Phi) is 4.77. The number of thioether (sulfide) groups is 1. The standard InChI is InChI=1S/C13H18BrNOS/c1-9(4-5-15)17-8-12-7-10-6-11(14)2-3-13(10)16-12/h2-3,6,9,12H,4-5,7-8,15H2,1H3. The van der Waals surface area contributed by atoms with Crippen LogP contribution in [0.25, 0.3) is 0 Å². The molecule has 0 radical (unpaired) electrons. The minimum atomic E-state index is 0.324. The van der Waals surface area contributed by atoms with Crippen molar-refractivity contribution in [3.05, 3.63) is 28.2 Å². The molecule has 2 nitrogen and oxygen atoms in total. The van der Waals surface area contributed by atoms with Gasteiger partial charge in [0.15, 0.2) is 0 Å². The van der Waals surface area contributed by atoms with Gasteiger partial charge in [-0.15, -0.1) is 0 Å². The Bertz CT molecular complexity index is 386. The van der Waals surface area contributed by atoms with Gasteiger partial charge < -0.3 is 10.5 Å². The molecular formula is C13H18BrNOS. The number of hydrogen-bond acceptors (Lipinski definition) is 3. The highest BCUT2D eigenvalue weighted by Crippen LogP contribution is 2.32. The predicted molar refractivity (Wildman–Crippen MR) is 77.9 cm³/mol. The molecule has 17 heavy (non-hydrogen) atoms. The van der Waals surface area contributed by atoms with Gasteiger partial charge in [0.2, 0.25) is 0 Å². The summed E-state index contributed by atoms with van der Waals surface area (Å²) in [7, 11) is 0. The zero-order chi connectivity index (χ0) is 12.3. The Balaban J connectivity index is 1.84. The van der Waals surface area contributed by atoms with Crippen molar-refractivity contribution in [1.82, 2.24) is 0 Å². The van der Waals surface area contributed by atoms with E-state index in [0.29, 0.717) is 11.4 Å². The quantitative estimate of drug-likeness (QED) is 0.906. The topological polar surface area (TPSA) is 35.2 Å². The van der Waals surface area contributed by atoms with E-state index in [1.54, 1.807) is 0 Å². The molecule has 2 unspecified atom stereocenters. The smallest absolute Gasteiger partial charge is 0.123 e. The third kappa shape index (κ3) is 3.63. The highest BCUT2D eigenvalue weighted by Gasteiger charge is 2.23. The number of nitrogens with two attached hydrogens (primary N) is 1. The lowest BCUT2D eigenvalue weighted by atomic mass is 10.1. The third-order valence-electron chi connectivity index (χ3n) is 2.90. The van der Waals surface area contributed by atoms with Crippen molar-refractivity contribution in [2.24, 2.45) is 5.73 Å². The molecule has 2 rings (SSSR count). The van der Waals surface area contributed by atoms with Crippen molar-refractivity contribution >= 4 is 27.7 Å². The molecule has 2 N–H and O–H groups in total. The van der Waals surface area contributed by atoms with E-state index in [1.165, 1.54) is 5.56 Å². The second-order valence-corrected chi connectivity index (χ2v) is 6.80. The van der Waals surface area contributed by atoms with Crippen LogP contribution in [0.2, 0.25) is 0 Å². The SMILES string of the molecule is CC(CCN)SCC1Cc2cc(Br)ccc2O1. The van der Waals surface area contributed by atoms with Crippen molar-refractivity contribution in [2.75, 3.05) is 12.3 Å². The first-order chi connectivity index (χ1) is 8.19. The Morgan fingerprint density at radius 2 is 2.41 bits per heavy atom. The number of rotatable bonds is 5. The van der Waals surface area contributed by atoms with E-state index in [9.17, 15) is 0 Å². The van der Waals surface area contributed by atoms with Crippen LogP contribution >= 0.6 is 27.7 Å². The summed E-state index contributed by atoms with van der Waals surface area (Å²) in [5.74, 6) is 2.10. The van der Waals surface area contributed by atoms with Gasteiger partial charge in [-0.1, -0.05) is 22.9 Å². The number of fused-ring (bicyclic) bond motifs is 1. The molecule has 1 aromatic rings. The average Bonchev–Trinajstić information content (AvgIpc) is 2.68. The minimum absolute atomic E-state index is 0.324. The van der Waals surface area contributed by atoms with Crippen LogP contribution in [0.4, 0.5) is 0 Å². The molecule has 0 aliphatic carbocycles. The Morgan fingerprint density at radius 1 is 1.59 bits per heavy atom. The lowest BCUT2D eigenvalue weighted by Crippen LogP contribution is -2.18. The molecule has 0 spiro atoms. The summed E-state index contributed by atoms with van der Waals surface area (Å²) < 4.78 is 7.05. The summed E-state index contributed by atoms with van der Waals surface area (Å²) in [6.45, 7) is 3.00. The molecule has 1 aromatic carbocycles. The molecule has 2 atom stereocenters. The molecular weight excluding hydrogens is 298 g/mol. The van der Waals surface area contributed by atoms with Crippen molar-refractivity contribution in [3.63, 3.8) is 0 Å². The molecule has 0 fully saturated rings. The second-order valence-electron chi connectivity index (χ2n) is 4.42. The molecule has 0 bridgehead atoms. The third-order valence-corrected chi connectivity index (χ3v) is 4.77. The molecule has 94 valence electrons. The van der Waals surface area contributed by atoms with Gasteiger partial charge in [-0.05, 0) is 36.7 Å². The number of benzene rings is 1. The number of hydrogen-bond donors (Lipinski definition) is 1. The van der Waals surface area contributed by atoms with Gasteiger partial charge in [0.1, 0.15) is 11.9 Å². The minimum Gasteiger partial charge on any atom is -0.489 e. The number of ether oxygens (including phenoxy) is 1. The van der Waals surface area contributed by atoms with Crippen LogP contribution < -0.4 is 10.5 Å². The van der Waals surface area contributed by atoms with Crippen LogP contribution in [-0.4, -0.2) is 23.7 Å². The normalized spacial score (nSPS) is 19.8. The summed E-state index contributed by atoms with van der Waals surface area (Å²) in [5, 5.41) is 0.624. The van der Waals surface area contributed by atoms with Crippen molar-refractivity contribution in [2.45, 2.75) is 31.1 Å². The largest absolute Gasteiger partial charge is 0.489 e. The molecule has 4 heteroatoms. The van der Waals surface area contributed by atoms with E-state index in [0.717, 1.165) is 35.4 Å². The summed E-state index contributed by atoms with van der Waals surface area (Å²) in [6.07, 6.45) is 2.43. The first kappa shape index (κ1) is 13.2. The van der Waals surface area contributed by atoms with Crippen molar-refractivity contribution in [3.8, 4) is 5.75 Å². The Hall–Kier alpha value is -0.190. The van der Waals surface area contributed by atoms with E-state index in [-0.39, 0.29) is 0 Å². The van der Waals surface area contributed by atoms with Crippen LogP contribution in [0.3, 0.4) is 0 Å². The summed E-state index contributed by atoms with van der Waals surface area (Å²) in [6, 6.07) is 6.24. The molecule has 0 amide bonds. The highest BCUT2D eigenvalue weighted by atomic mass is 79.9. The number of halogens is 1. The van der Waals surface area contributed by atoms with Crippen LogP contribution in [0, 0.1) is 0 Å². The summed E-state index contributed by atoms with van der Waals surface area (Å²) >= 11 is 5.45. The summed E-state index contributed by atoms with van der Waals surface area (Å²) in [4.78, 5) is 0. The van der Waals surface area contributed by atoms with E-state index >= 15 is 0 Å². The van der Waals surface area contributed by atoms with Crippen LogP contribution in [0.1, 0.15) is 18.9 Å². The zero-order valence-electron chi connectivity index (χ0n) is 9.99. The van der Waals surface area contributed by atoms with E-state index < -0.39 is 0 Å². The molecule has 0 aromatic heterocycles. The first-order valence-corrected chi connectivity index (χ1v) is 7.80. The average molecular weight is 316 g/mol. The van der Waals surface area contributed by atoms with Crippen LogP contribution in [0.15, 0.2) is 22.7 Å². The molecule has 1 aliphatic heterocycles. The highest BCUT2D eigenvalue weighted by molar-refractivity contribution is 9.10. The first-order valence-electron chi connectivity index (χ1n) is 5.96. The van der Waals surface area contributed by atoms with Crippen molar-refractivity contribution < 1.29 is 4.74 Å². The summed E-state index contributed by atoms with van der Waals surface area (Å²) in [5.41, 5.74) is 6.87. The van der Waals surface area contributed by atoms with E-state index in [2.05, 4.69) is 28.9 Å². The van der Waals surface area contributed by atoms with Gasteiger partial charge in [-0.3, -0.25) is 0 Å². The fourth-order valence-corrected chi connectivity index (χ4v) is 3.41. The fraction of sp³-hybridized carbons (Fsp3) is 0.538. The van der Waals surface area contributed by atoms with Gasteiger partial charge in [0.25, 0.3) is 0 Å². The van der Waals surface area contributed by atoms with Crippen LogP contribution in [-0.2, 0) is 6.42 Å². The van der Waals surface area contributed by atoms with Gasteiger partial charge in [0, 0.05) is 21.9 Å². The lowest BCUT2D eigenvalue weighted by molar-refractivity contribution is 0.259. The molecule has 0 saturated heterocycles. The molecule has 0 saturated carbocycles. The van der Waals surface area contributed by atoms with Gasteiger partial charge in [-0.25, -0.2) is 0 Å². The van der Waals surface area contributed by atoms with Gasteiger partial charge >= 0.3 is 0 Å². The Morgan fingerprint density at radius 3 is 3.18 bits per heavy atom. The van der Waals surface area contributed by atoms with Gasteiger partial charge in [0.05, 0.1) is 0 Å². The lowest BCUT2D eigenvalue weighted by Gasteiger charge is -2.14. The van der Waals surface area contributed by atoms with Crippen LogP contribution in [0.5, 0.6) is 5.75 Å². The molecule has 1 aliphatic rings. The van der Waals surface area contributed by atoms with Gasteiger partial charge in [-0.2, -0.15) is 11.8 Å². The van der Waals surface area contributed by atoms with E-state index in [4.69, 9.17) is 10.5 Å². The predicted octanol–water partition coefficient (Wildman–Crippen LogP) is 3.22. The van der Waals surface area contributed by atoms with E-state index in [1.807, 2.05) is 23.9 Å². The fourth-order valence-electron chi connectivity index (χ4n) is 1.97. The maximum absolute atomic E-state index is 5.92. The zero-order valence-corrected chi connectivity index (χ0v) is 12.4.